The molecule has 0 aliphatic carbocycles. The number of ether oxygens (including phenoxy) is 1. The minimum absolute atomic E-state index is 0.306. The Kier molecular flexibility index (Phi) is 4.39. The minimum atomic E-state index is -2.34. The predicted octanol–water partition coefficient (Wildman–Crippen LogP) is 1.53. The summed E-state index contributed by atoms with van der Waals surface area (Å²) in [5, 5.41) is 18.7. The van der Waals surface area contributed by atoms with E-state index in [1.54, 1.807) is 39.0 Å². The molecule has 0 fully saturated rings. The molecule has 0 atom stereocenters. The van der Waals surface area contributed by atoms with E-state index >= 15 is 0 Å². The van der Waals surface area contributed by atoms with Crippen LogP contribution in [0.1, 0.15) is 26.3 Å². The SMILES string of the molecule is CC(C)(C)OC(Cc1cccc(N)c1)(C(=O)O)C(=O)O. The summed E-state index contributed by atoms with van der Waals surface area (Å²) in [6.45, 7) is 4.81. The zero-order valence-corrected chi connectivity index (χ0v) is 11.7. The second-order valence-electron chi connectivity index (χ2n) is 5.57. The summed E-state index contributed by atoms with van der Waals surface area (Å²) in [5.74, 6) is -3.08. The lowest BCUT2D eigenvalue weighted by Gasteiger charge is -2.33. The fourth-order valence-corrected chi connectivity index (χ4v) is 1.88. The van der Waals surface area contributed by atoms with Gasteiger partial charge >= 0.3 is 11.9 Å². The number of carboxylic acids is 2. The molecule has 0 amide bonds. The molecule has 0 bridgehead atoms. The Morgan fingerprint density at radius 3 is 2.15 bits per heavy atom. The smallest absolute Gasteiger partial charge is 0.348 e. The topological polar surface area (TPSA) is 110 Å². The van der Waals surface area contributed by atoms with Crippen LogP contribution in [0.25, 0.3) is 0 Å². The van der Waals surface area contributed by atoms with Crippen molar-refractivity contribution in [1.29, 1.82) is 0 Å². The molecule has 1 aromatic carbocycles. The highest BCUT2D eigenvalue weighted by molar-refractivity contribution is 6.02. The summed E-state index contributed by atoms with van der Waals surface area (Å²) in [6.07, 6.45) is -0.306. The van der Waals surface area contributed by atoms with Gasteiger partial charge in [-0.05, 0) is 38.5 Å². The van der Waals surface area contributed by atoms with Gasteiger partial charge in [0.1, 0.15) is 0 Å². The van der Waals surface area contributed by atoms with Crippen LogP contribution < -0.4 is 5.73 Å². The van der Waals surface area contributed by atoms with Gasteiger partial charge in [0.05, 0.1) is 5.60 Å². The second-order valence-corrected chi connectivity index (χ2v) is 5.57. The van der Waals surface area contributed by atoms with E-state index in [0.717, 1.165) is 0 Å². The highest BCUT2D eigenvalue weighted by Gasteiger charge is 2.50. The number of nitrogens with two attached hydrogens (primary N) is 1. The quantitative estimate of drug-likeness (QED) is 0.557. The largest absolute Gasteiger partial charge is 0.479 e. The van der Waals surface area contributed by atoms with Gasteiger partial charge in [0, 0.05) is 12.1 Å². The second kappa shape index (κ2) is 5.50. The third kappa shape index (κ3) is 3.71. The van der Waals surface area contributed by atoms with Crippen LogP contribution in [0, 0.1) is 0 Å². The van der Waals surface area contributed by atoms with E-state index in [2.05, 4.69) is 0 Å². The first-order valence-corrected chi connectivity index (χ1v) is 6.08. The molecular weight excluding hydrogens is 262 g/mol. The third-order valence-electron chi connectivity index (χ3n) is 2.58. The molecule has 110 valence electrons. The average Bonchev–Trinajstić information content (AvgIpc) is 2.25. The highest BCUT2D eigenvalue weighted by Crippen LogP contribution is 2.26. The summed E-state index contributed by atoms with van der Waals surface area (Å²) in [4.78, 5) is 23.0. The van der Waals surface area contributed by atoms with Crippen molar-refractivity contribution in [2.45, 2.75) is 38.4 Å². The number of carboxylic acid groups (broad SMARTS) is 2. The van der Waals surface area contributed by atoms with Gasteiger partial charge in [-0.1, -0.05) is 12.1 Å². The Morgan fingerprint density at radius 1 is 1.20 bits per heavy atom. The number of nitrogen functional groups attached to an aromatic ring is 1. The van der Waals surface area contributed by atoms with Gasteiger partial charge in [0.25, 0.3) is 5.60 Å². The van der Waals surface area contributed by atoms with Crippen molar-refractivity contribution in [3.05, 3.63) is 29.8 Å². The van der Waals surface area contributed by atoms with E-state index in [0.29, 0.717) is 11.3 Å². The van der Waals surface area contributed by atoms with Gasteiger partial charge < -0.3 is 20.7 Å². The molecule has 0 unspecified atom stereocenters. The highest BCUT2D eigenvalue weighted by atomic mass is 16.6. The third-order valence-corrected chi connectivity index (χ3v) is 2.58. The normalized spacial score (nSPS) is 12.2. The summed E-state index contributed by atoms with van der Waals surface area (Å²) in [6, 6.07) is 6.42. The Balaban J connectivity index is 3.23. The lowest BCUT2D eigenvalue weighted by molar-refractivity contribution is -0.199. The monoisotopic (exact) mass is 281 g/mol. The van der Waals surface area contributed by atoms with Crippen molar-refractivity contribution in [3.8, 4) is 0 Å². The van der Waals surface area contributed by atoms with Crippen LogP contribution in [0.3, 0.4) is 0 Å². The average molecular weight is 281 g/mol. The van der Waals surface area contributed by atoms with Crippen LogP contribution in [0.5, 0.6) is 0 Å². The number of carbonyl (C=O) groups is 2. The van der Waals surface area contributed by atoms with E-state index in [1.165, 1.54) is 6.07 Å². The van der Waals surface area contributed by atoms with E-state index in [4.69, 9.17) is 10.5 Å². The first-order chi connectivity index (χ1) is 9.07. The summed E-state index contributed by atoms with van der Waals surface area (Å²) in [5.41, 5.74) is 3.28. The molecule has 0 aliphatic rings. The summed E-state index contributed by atoms with van der Waals surface area (Å²) in [7, 11) is 0. The van der Waals surface area contributed by atoms with Crippen LogP contribution in [0.4, 0.5) is 5.69 Å². The van der Waals surface area contributed by atoms with Gasteiger partial charge in [0.15, 0.2) is 0 Å². The first kappa shape index (κ1) is 16.0. The van der Waals surface area contributed by atoms with Crippen molar-refractivity contribution >= 4 is 17.6 Å². The van der Waals surface area contributed by atoms with Crippen molar-refractivity contribution in [2.75, 3.05) is 5.73 Å². The van der Waals surface area contributed by atoms with Crippen LogP contribution >= 0.6 is 0 Å². The molecule has 0 spiro atoms. The lowest BCUT2D eigenvalue weighted by Crippen LogP contribution is -2.54. The van der Waals surface area contributed by atoms with Gasteiger partial charge in [-0.25, -0.2) is 9.59 Å². The van der Waals surface area contributed by atoms with Crippen LogP contribution in [-0.2, 0) is 20.7 Å². The molecule has 0 heterocycles. The number of anilines is 1. The molecule has 6 heteroatoms. The van der Waals surface area contributed by atoms with Crippen molar-refractivity contribution in [2.24, 2.45) is 0 Å². The zero-order chi connectivity index (χ0) is 15.6. The van der Waals surface area contributed by atoms with Crippen molar-refractivity contribution < 1.29 is 24.5 Å². The molecule has 0 aliphatic heterocycles. The maximum absolute atomic E-state index is 11.5. The van der Waals surface area contributed by atoms with Gasteiger partial charge in [0.2, 0.25) is 0 Å². The van der Waals surface area contributed by atoms with Gasteiger partial charge in [-0.3, -0.25) is 0 Å². The molecule has 0 saturated carbocycles. The fraction of sp³-hybridized carbons (Fsp3) is 0.429. The molecule has 0 radical (unpaired) electrons. The van der Waals surface area contributed by atoms with Gasteiger partial charge in [-0.2, -0.15) is 0 Å². The molecule has 1 aromatic rings. The maximum Gasteiger partial charge on any atom is 0.348 e. The van der Waals surface area contributed by atoms with E-state index in [-0.39, 0.29) is 6.42 Å². The van der Waals surface area contributed by atoms with Gasteiger partial charge in [-0.15, -0.1) is 0 Å². The van der Waals surface area contributed by atoms with Crippen LogP contribution in [0.15, 0.2) is 24.3 Å². The Morgan fingerprint density at radius 2 is 1.75 bits per heavy atom. The molecule has 20 heavy (non-hydrogen) atoms. The van der Waals surface area contributed by atoms with Crippen LogP contribution in [-0.4, -0.2) is 33.4 Å². The molecule has 1 rings (SSSR count). The number of rotatable bonds is 5. The first-order valence-electron chi connectivity index (χ1n) is 6.08. The number of aliphatic carboxylic acids is 2. The minimum Gasteiger partial charge on any atom is -0.479 e. The molecule has 6 nitrogen and oxygen atoms in total. The Hall–Kier alpha value is -2.08. The summed E-state index contributed by atoms with van der Waals surface area (Å²) < 4.78 is 5.35. The maximum atomic E-state index is 11.5. The molecular formula is C14H19NO5. The zero-order valence-electron chi connectivity index (χ0n) is 11.7. The number of benzene rings is 1. The number of hydrogen-bond donors (Lipinski definition) is 3. The fourth-order valence-electron chi connectivity index (χ4n) is 1.88. The van der Waals surface area contributed by atoms with E-state index in [1.807, 2.05) is 0 Å². The van der Waals surface area contributed by atoms with Crippen molar-refractivity contribution in [3.63, 3.8) is 0 Å². The van der Waals surface area contributed by atoms with Crippen molar-refractivity contribution in [1.82, 2.24) is 0 Å². The lowest BCUT2D eigenvalue weighted by atomic mass is 9.93. The van der Waals surface area contributed by atoms with E-state index < -0.39 is 23.1 Å². The molecule has 0 saturated heterocycles. The summed E-state index contributed by atoms with van der Waals surface area (Å²) >= 11 is 0. The molecule has 4 N–H and O–H groups in total. The Bertz CT molecular complexity index is 505. The van der Waals surface area contributed by atoms with E-state index in [9.17, 15) is 19.8 Å². The predicted molar refractivity (Wildman–Crippen MR) is 73.4 cm³/mol. The standard InChI is InChI=1S/C14H19NO5/c1-13(2,3)20-14(11(16)17,12(18)19)8-9-5-4-6-10(15)7-9/h4-7H,8,15H2,1-3H3,(H,16,17)(H,18,19). The molecule has 0 aromatic heterocycles. The van der Waals surface area contributed by atoms with Crippen LogP contribution in [0.2, 0.25) is 0 Å². The Labute approximate surface area is 117 Å². The number of hydrogen-bond acceptors (Lipinski definition) is 4.